The van der Waals surface area contributed by atoms with Crippen molar-refractivity contribution in [2.45, 2.75) is 17.0 Å². The first kappa shape index (κ1) is 17.9. The Morgan fingerprint density at radius 1 is 1.31 bits per heavy atom. The van der Waals surface area contributed by atoms with Crippen molar-refractivity contribution in [3.8, 4) is 6.07 Å². The average Bonchev–Trinajstić information content (AvgIpc) is 3.27. The molecule has 2 aromatic heterocycles. The molecule has 0 fully saturated rings. The van der Waals surface area contributed by atoms with Crippen LogP contribution in [0.5, 0.6) is 0 Å². The van der Waals surface area contributed by atoms with Crippen LogP contribution in [0.4, 0.5) is 5.13 Å². The van der Waals surface area contributed by atoms with E-state index in [-0.39, 0.29) is 5.91 Å². The molecule has 1 aromatic carbocycles. The van der Waals surface area contributed by atoms with Crippen molar-refractivity contribution >= 4 is 40.2 Å². The molecular weight excluding hydrogens is 368 g/mol. The first-order chi connectivity index (χ1) is 12.6. The molecule has 8 heteroatoms. The van der Waals surface area contributed by atoms with Crippen LogP contribution >= 0.6 is 23.1 Å². The maximum Gasteiger partial charge on any atom is 0.250 e. The Kier molecular flexibility index (Phi) is 5.84. The van der Waals surface area contributed by atoms with Crippen molar-refractivity contribution in [1.29, 1.82) is 5.26 Å². The van der Waals surface area contributed by atoms with Gasteiger partial charge in [-0.15, -0.1) is 10.2 Å². The van der Waals surface area contributed by atoms with Crippen molar-refractivity contribution in [2.75, 3.05) is 5.32 Å². The summed E-state index contributed by atoms with van der Waals surface area (Å²) in [4.78, 5) is 11.9. The molecule has 26 heavy (non-hydrogen) atoms. The van der Waals surface area contributed by atoms with Crippen LogP contribution in [0, 0.1) is 18.3 Å². The van der Waals surface area contributed by atoms with Gasteiger partial charge in [0.2, 0.25) is 11.0 Å². The smallest absolute Gasteiger partial charge is 0.250 e. The van der Waals surface area contributed by atoms with Crippen LogP contribution in [0.25, 0.3) is 6.08 Å². The van der Waals surface area contributed by atoms with Crippen molar-refractivity contribution in [2.24, 2.45) is 0 Å². The van der Waals surface area contributed by atoms with E-state index in [1.165, 1.54) is 29.2 Å². The molecule has 0 saturated heterocycles. The van der Waals surface area contributed by atoms with E-state index in [2.05, 4.69) is 21.6 Å². The highest BCUT2D eigenvalue weighted by Gasteiger charge is 2.07. The molecule has 0 bridgehead atoms. The molecule has 6 nitrogen and oxygen atoms in total. The summed E-state index contributed by atoms with van der Waals surface area (Å²) in [6.07, 6.45) is 2.99. The number of rotatable bonds is 6. The molecule has 0 aliphatic carbocycles. The predicted octanol–water partition coefficient (Wildman–Crippen LogP) is 4.26. The van der Waals surface area contributed by atoms with Crippen LogP contribution < -0.4 is 5.32 Å². The van der Waals surface area contributed by atoms with E-state index in [4.69, 9.17) is 9.68 Å². The molecule has 0 aliphatic heterocycles. The number of aryl methyl sites for hydroxylation is 1. The Hall–Kier alpha value is -2.89. The molecule has 0 saturated carbocycles. The molecule has 0 atom stereocenters. The zero-order valence-corrected chi connectivity index (χ0v) is 15.4. The Bertz CT molecular complexity index is 968. The summed E-state index contributed by atoms with van der Waals surface area (Å²) in [5.74, 6) is 1.83. The van der Waals surface area contributed by atoms with Crippen molar-refractivity contribution in [1.82, 2.24) is 10.2 Å². The van der Waals surface area contributed by atoms with Gasteiger partial charge in [-0.25, -0.2) is 0 Å². The van der Waals surface area contributed by atoms with Gasteiger partial charge < -0.3 is 4.42 Å². The molecule has 0 unspecified atom stereocenters. The van der Waals surface area contributed by atoms with Gasteiger partial charge in [0.1, 0.15) is 11.5 Å². The molecule has 0 radical (unpaired) electrons. The first-order valence-electron chi connectivity index (χ1n) is 7.63. The second kappa shape index (κ2) is 8.47. The summed E-state index contributed by atoms with van der Waals surface area (Å²) in [5.41, 5.74) is 1.73. The van der Waals surface area contributed by atoms with Crippen molar-refractivity contribution in [3.63, 3.8) is 0 Å². The highest BCUT2D eigenvalue weighted by Crippen LogP contribution is 2.28. The van der Waals surface area contributed by atoms with E-state index in [1.807, 2.05) is 25.1 Å². The number of thioether (sulfide) groups is 1. The summed E-state index contributed by atoms with van der Waals surface area (Å²) in [6, 6.07) is 13.1. The fraction of sp³-hybridized carbons (Fsp3) is 0.111. The van der Waals surface area contributed by atoms with Crippen LogP contribution in [0.2, 0.25) is 0 Å². The van der Waals surface area contributed by atoms with E-state index in [0.29, 0.717) is 22.2 Å². The summed E-state index contributed by atoms with van der Waals surface area (Å²) in [6.45, 7) is 1.84. The van der Waals surface area contributed by atoms with Crippen LogP contribution in [0.15, 0.2) is 51.2 Å². The van der Waals surface area contributed by atoms with E-state index >= 15 is 0 Å². The third-order valence-corrected chi connectivity index (χ3v) is 5.29. The monoisotopic (exact) mass is 382 g/mol. The highest BCUT2D eigenvalue weighted by molar-refractivity contribution is 8.00. The maximum atomic E-state index is 11.9. The maximum absolute atomic E-state index is 11.9. The number of hydrogen-bond donors (Lipinski definition) is 1. The zero-order chi connectivity index (χ0) is 18.4. The molecule has 3 aromatic rings. The van der Waals surface area contributed by atoms with E-state index < -0.39 is 0 Å². The minimum Gasteiger partial charge on any atom is -0.462 e. The molecule has 3 rings (SSSR count). The standard InChI is InChI=1S/C18H14N4O2S2/c1-12-2-7-15(24-12)8-9-16(23)20-17-21-22-18(26-17)25-11-14-5-3-13(10-19)4-6-14/h2-9H,11H2,1H3,(H,20,21,23)/b9-8+. The lowest BCUT2D eigenvalue weighted by Gasteiger charge is -1.98. The molecule has 130 valence electrons. The third kappa shape index (κ3) is 5.05. The number of hydrogen-bond acceptors (Lipinski definition) is 7. The molecule has 1 N–H and O–H groups in total. The van der Waals surface area contributed by atoms with Gasteiger partial charge >= 0.3 is 0 Å². The Morgan fingerprint density at radius 3 is 2.81 bits per heavy atom. The quantitative estimate of drug-likeness (QED) is 0.389. The Balaban J connectivity index is 1.51. The number of nitriles is 1. The van der Waals surface area contributed by atoms with Gasteiger partial charge in [0, 0.05) is 11.8 Å². The van der Waals surface area contributed by atoms with Crippen LogP contribution in [-0.4, -0.2) is 16.1 Å². The first-order valence-corrected chi connectivity index (χ1v) is 9.43. The molecule has 2 heterocycles. The number of anilines is 1. The lowest BCUT2D eigenvalue weighted by molar-refractivity contribution is -0.111. The van der Waals surface area contributed by atoms with Gasteiger partial charge in [-0.05, 0) is 42.8 Å². The lowest BCUT2D eigenvalue weighted by atomic mass is 10.2. The summed E-state index contributed by atoms with van der Waals surface area (Å²) < 4.78 is 6.12. The lowest BCUT2D eigenvalue weighted by Crippen LogP contribution is -2.07. The summed E-state index contributed by atoms with van der Waals surface area (Å²) in [7, 11) is 0. The molecular formula is C18H14N4O2S2. The minimum absolute atomic E-state index is 0.293. The number of nitrogens with zero attached hydrogens (tertiary/aromatic N) is 3. The van der Waals surface area contributed by atoms with Gasteiger partial charge in [-0.2, -0.15) is 5.26 Å². The topological polar surface area (TPSA) is 91.8 Å². The minimum atomic E-state index is -0.293. The number of carbonyl (C=O) groups is 1. The number of carbonyl (C=O) groups excluding carboxylic acids is 1. The third-order valence-electron chi connectivity index (χ3n) is 3.24. The van der Waals surface area contributed by atoms with Crippen molar-refractivity contribution in [3.05, 3.63) is 65.1 Å². The van der Waals surface area contributed by atoms with Gasteiger partial charge in [-0.3, -0.25) is 10.1 Å². The largest absolute Gasteiger partial charge is 0.462 e. The van der Waals surface area contributed by atoms with Gasteiger partial charge in [-0.1, -0.05) is 35.2 Å². The molecule has 0 aliphatic rings. The van der Waals surface area contributed by atoms with Crippen LogP contribution in [0.3, 0.4) is 0 Å². The second-order valence-electron chi connectivity index (χ2n) is 5.24. The SMILES string of the molecule is Cc1ccc(/C=C/C(=O)Nc2nnc(SCc3ccc(C#N)cc3)s2)o1. The van der Waals surface area contributed by atoms with Gasteiger partial charge in [0.05, 0.1) is 11.6 Å². The van der Waals surface area contributed by atoms with E-state index in [9.17, 15) is 4.79 Å². The number of amides is 1. The Labute approximate surface area is 158 Å². The van der Waals surface area contributed by atoms with Crippen molar-refractivity contribution < 1.29 is 9.21 Å². The summed E-state index contributed by atoms with van der Waals surface area (Å²) >= 11 is 2.84. The molecule has 1 amide bonds. The zero-order valence-electron chi connectivity index (χ0n) is 13.8. The van der Waals surface area contributed by atoms with Gasteiger partial charge in [0.15, 0.2) is 4.34 Å². The van der Waals surface area contributed by atoms with Crippen LogP contribution in [0.1, 0.15) is 22.6 Å². The van der Waals surface area contributed by atoms with Crippen LogP contribution in [-0.2, 0) is 10.5 Å². The second-order valence-corrected chi connectivity index (χ2v) is 7.44. The number of aromatic nitrogens is 2. The highest BCUT2D eigenvalue weighted by atomic mass is 32.2. The van der Waals surface area contributed by atoms with E-state index in [1.54, 1.807) is 24.3 Å². The number of furan rings is 1. The van der Waals surface area contributed by atoms with E-state index in [0.717, 1.165) is 15.7 Å². The number of benzene rings is 1. The summed E-state index contributed by atoms with van der Waals surface area (Å²) in [5, 5.41) is 20.0. The van der Waals surface area contributed by atoms with Gasteiger partial charge in [0.25, 0.3) is 0 Å². The Morgan fingerprint density at radius 2 is 2.12 bits per heavy atom. The molecule has 0 spiro atoms. The average molecular weight is 382 g/mol. The fourth-order valence-corrected chi connectivity index (χ4v) is 3.70. The predicted molar refractivity (Wildman–Crippen MR) is 102 cm³/mol. The normalized spacial score (nSPS) is 10.8. The fourth-order valence-electron chi connectivity index (χ4n) is 1.99. The number of nitrogens with one attached hydrogen (secondary N) is 1.